The number of rotatable bonds is 16. The first-order valence-electron chi connectivity index (χ1n) is 10.1. The van der Waals surface area contributed by atoms with Crippen LogP contribution in [0.4, 0.5) is 0 Å². The fraction of sp³-hybridized carbons (Fsp3) is 0.636. The lowest BCUT2D eigenvalue weighted by molar-refractivity contribution is -0.145. The molecule has 0 saturated carbocycles. The number of carboxylic acid groups (broad SMARTS) is 1. The zero-order valence-electron chi connectivity index (χ0n) is 16.0. The van der Waals surface area contributed by atoms with Gasteiger partial charge in [-0.2, -0.15) is 0 Å². The summed E-state index contributed by atoms with van der Waals surface area (Å²) >= 11 is 0. The standard InChI is InChI=1S/C22H34O4/c23-21(24)17-13-8-6-4-2-1-3-5-7-9-14-18-22(25)26-19-20-15-11-10-12-16-20/h10-12,15-16H,1-9,13-14,17-19H2,(H,23,24). The molecule has 0 aliphatic heterocycles. The molecule has 0 unspecified atom stereocenters. The monoisotopic (exact) mass is 362 g/mol. The molecule has 0 saturated heterocycles. The van der Waals surface area contributed by atoms with Gasteiger partial charge in [0.15, 0.2) is 0 Å². The predicted molar refractivity (Wildman–Crippen MR) is 104 cm³/mol. The summed E-state index contributed by atoms with van der Waals surface area (Å²) in [7, 11) is 0. The molecule has 0 spiro atoms. The van der Waals surface area contributed by atoms with E-state index in [-0.39, 0.29) is 5.97 Å². The van der Waals surface area contributed by atoms with Gasteiger partial charge in [-0.1, -0.05) is 88.1 Å². The SMILES string of the molecule is O=C(O)CCCCCCCCCCCCCC(=O)OCc1ccccc1. The largest absolute Gasteiger partial charge is 0.481 e. The quantitative estimate of drug-likeness (QED) is 0.294. The fourth-order valence-corrected chi connectivity index (χ4v) is 2.95. The number of ether oxygens (including phenoxy) is 1. The zero-order chi connectivity index (χ0) is 18.9. The lowest BCUT2D eigenvalue weighted by atomic mass is 10.0. The Labute approximate surface area is 158 Å². The van der Waals surface area contributed by atoms with Gasteiger partial charge < -0.3 is 9.84 Å². The molecule has 26 heavy (non-hydrogen) atoms. The summed E-state index contributed by atoms with van der Waals surface area (Å²) in [6, 6.07) is 9.77. The Morgan fingerprint density at radius 3 is 1.65 bits per heavy atom. The van der Waals surface area contributed by atoms with Crippen molar-refractivity contribution in [3.63, 3.8) is 0 Å². The molecule has 4 heteroatoms. The van der Waals surface area contributed by atoms with Crippen LogP contribution in [0.2, 0.25) is 0 Å². The third-order valence-corrected chi connectivity index (χ3v) is 4.51. The van der Waals surface area contributed by atoms with Crippen LogP contribution in [0.15, 0.2) is 30.3 Å². The third kappa shape index (κ3) is 13.5. The van der Waals surface area contributed by atoms with Gasteiger partial charge in [0, 0.05) is 12.8 Å². The number of aliphatic carboxylic acids is 1. The molecule has 1 rings (SSSR count). The van der Waals surface area contributed by atoms with E-state index < -0.39 is 5.97 Å². The van der Waals surface area contributed by atoms with Gasteiger partial charge in [0.2, 0.25) is 0 Å². The normalized spacial score (nSPS) is 10.6. The molecule has 0 radical (unpaired) electrons. The van der Waals surface area contributed by atoms with Crippen molar-refractivity contribution >= 4 is 11.9 Å². The fourth-order valence-electron chi connectivity index (χ4n) is 2.95. The molecule has 0 atom stereocenters. The van der Waals surface area contributed by atoms with E-state index in [1.54, 1.807) is 0 Å². The number of hydrogen-bond donors (Lipinski definition) is 1. The van der Waals surface area contributed by atoms with E-state index in [1.807, 2.05) is 30.3 Å². The number of unbranched alkanes of at least 4 members (excludes halogenated alkanes) is 10. The Morgan fingerprint density at radius 1 is 0.692 bits per heavy atom. The highest BCUT2D eigenvalue weighted by Gasteiger charge is 2.03. The number of carbonyl (C=O) groups excluding carboxylic acids is 1. The molecule has 4 nitrogen and oxygen atoms in total. The van der Waals surface area contributed by atoms with Gasteiger partial charge in [0.1, 0.15) is 6.61 Å². The smallest absolute Gasteiger partial charge is 0.306 e. The first kappa shape index (κ1) is 22.2. The lowest BCUT2D eigenvalue weighted by Crippen LogP contribution is -2.04. The third-order valence-electron chi connectivity index (χ3n) is 4.51. The Bertz CT molecular complexity index is 484. The number of carboxylic acids is 1. The molecule has 0 aliphatic rings. The molecule has 146 valence electrons. The predicted octanol–water partition coefficient (Wildman–Crippen LogP) is 5.89. The summed E-state index contributed by atoms with van der Waals surface area (Å²) < 4.78 is 5.27. The topological polar surface area (TPSA) is 63.6 Å². The Kier molecular flexibility index (Phi) is 13.2. The van der Waals surface area contributed by atoms with Crippen LogP contribution in [0.5, 0.6) is 0 Å². The van der Waals surface area contributed by atoms with E-state index in [2.05, 4.69) is 0 Å². The van der Waals surface area contributed by atoms with Crippen LogP contribution in [0, 0.1) is 0 Å². The second-order valence-electron chi connectivity index (χ2n) is 6.93. The second kappa shape index (κ2) is 15.4. The van der Waals surface area contributed by atoms with E-state index in [1.165, 1.54) is 38.5 Å². The molecule has 0 amide bonds. The number of carbonyl (C=O) groups is 2. The number of hydrogen-bond acceptors (Lipinski definition) is 3. The van der Waals surface area contributed by atoms with Crippen LogP contribution in [0.1, 0.15) is 89.0 Å². The summed E-state index contributed by atoms with van der Waals surface area (Å²) in [4.78, 5) is 22.1. The van der Waals surface area contributed by atoms with Gasteiger partial charge >= 0.3 is 11.9 Å². The number of benzene rings is 1. The van der Waals surface area contributed by atoms with E-state index in [4.69, 9.17) is 9.84 Å². The maximum Gasteiger partial charge on any atom is 0.306 e. The van der Waals surface area contributed by atoms with Crippen molar-refractivity contribution in [2.75, 3.05) is 0 Å². The lowest BCUT2D eigenvalue weighted by Gasteiger charge is -2.05. The Morgan fingerprint density at radius 2 is 1.15 bits per heavy atom. The molecule has 1 aromatic rings. The summed E-state index contributed by atoms with van der Waals surface area (Å²) in [5.41, 5.74) is 1.03. The van der Waals surface area contributed by atoms with Crippen LogP contribution in [0.3, 0.4) is 0 Å². The van der Waals surface area contributed by atoms with Gasteiger partial charge in [-0.3, -0.25) is 9.59 Å². The van der Waals surface area contributed by atoms with Gasteiger partial charge in [0.25, 0.3) is 0 Å². The van der Waals surface area contributed by atoms with Crippen molar-refractivity contribution < 1.29 is 19.4 Å². The van der Waals surface area contributed by atoms with Crippen LogP contribution < -0.4 is 0 Å². The van der Waals surface area contributed by atoms with Crippen LogP contribution in [-0.2, 0) is 20.9 Å². The Balaban J connectivity index is 1.80. The zero-order valence-corrected chi connectivity index (χ0v) is 16.0. The van der Waals surface area contributed by atoms with Gasteiger partial charge in [-0.05, 0) is 18.4 Å². The summed E-state index contributed by atoms with van der Waals surface area (Å²) in [5.74, 6) is -0.786. The Hall–Kier alpha value is -1.84. The molecule has 1 N–H and O–H groups in total. The van der Waals surface area contributed by atoms with Crippen molar-refractivity contribution in [1.82, 2.24) is 0 Å². The van der Waals surface area contributed by atoms with Crippen LogP contribution in [-0.4, -0.2) is 17.0 Å². The van der Waals surface area contributed by atoms with Crippen LogP contribution >= 0.6 is 0 Å². The number of esters is 1. The van der Waals surface area contributed by atoms with Crippen molar-refractivity contribution in [3.05, 3.63) is 35.9 Å². The molecular weight excluding hydrogens is 328 g/mol. The highest BCUT2D eigenvalue weighted by Crippen LogP contribution is 2.13. The van der Waals surface area contributed by atoms with Crippen molar-refractivity contribution in [3.8, 4) is 0 Å². The molecule has 0 fully saturated rings. The van der Waals surface area contributed by atoms with Gasteiger partial charge in [0.05, 0.1) is 0 Å². The maximum atomic E-state index is 11.7. The highest BCUT2D eigenvalue weighted by atomic mass is 16.5. The molecule has 0 heterocycles. The minimum Gasteiger partial charge on any atom is -0.481 e. The minimum atomic E-state index is -0.686. The minimum absolute atomic E-state index is 0.100. The highest BCUT2D eigenvalue weighted by molar-refractivity contribution is 5.69. The average Bonchev–Trinajstić information content (AvgIpc) is 2.64. The molecule has 0 aliphatic carbocycles. The summed E-state index contributed by atoms with van der Waals surface area (Å²) in [6.45, 7) is 0.371. The van der Waals surface area contributed by atoms with Crippen LogP contribution in [0.25, 0.3) is 0 Å². The van der Waals surface area contributed by atoms with E-state index in [0.717, 1.165) is 37.7 Å². The average molecular weight is 363 g/mol. The molecule has 0 aromatic heterocycles. The maximum absolute atomic E-state index is 11.7. The van der Waals surface area contributed by atoms with E-state index in [0.29, 0.717) is 19.4 Å². The van der Waals surface area contributed by atoms with Gasteiger partial charge in [-0.15, -0.1) is 0 Å². The van der Waals surface area contributed by atoms with Crippen molar-refractivity contribution in [2.24, 2.45) is 0 Å². The van der Waals surface area contributed by atoms with Crippen molar-refractivity contribution in [2.45, 2.75) is 90.1 Å². The molecule has 0 bridgehead atoms. The van der Waals surface area contributed by atoms with E-state index >= 15 is 0 Å². The first-order valence-corrected chi connectivity index (χ1v) is 10.1. The van der Waals surface area contributed by atoms with Crippen molar-refractivity contribution in [1.29, 1.82) is 0 Å². The molecule has 1 aromatic carbocycles. The summed E-state index contributed by atoms with van der Waals surface area (Å²) in [5, 5.41) is 8.55. The second-order valence-corrected chi connectivity index (χ2v) is 6.93. The van der Waals surface area contributed by atoms with Gasteiger partial charge in [-0.25, -0.2) is 0 Å². The summed E-state index contributed by atoms with van der Waals surface area (Å²) in [6.07, 6.45) is 13.2. The van der Waals surface area contributed by atoms with E-state index in [9.17, 15) is 9.59 Å². The molecular formula is C22H34O4. The first-order chi connectivity index (χ1) is 12.7.